The molecule has 1 aromatic heterocycles. The number of hydrogen-bond acceptors (Lipinski definition) is 17. The molecule has 6 fully saturated rings. The molecule has 4 heterocycles. The van der Waals surface area contributed by atoms with Gasteiger partial charge in [0.1, 0.15) is 22.4 Å². The third-order valence-corrected chi connectivity index (χ3v) is 16.0. The number of likely N-dealkylation sites (tertiary alicyclic amines) is 1. The number of aromatic nitrogens is 1. The summed E-state index contributed by atoms with van der Waals surface area (Å²) in [6, 6.07) is 0.819. The fourth-order valence-electron chi connectivity index (χ4n) is 10.5. The summed E-state index contributed by atoms with van der Waals surface area (Å²) in [5, 5.41) is 9.77. The number of nitrogens with zero attached hydrogens (tertiary/aromatic N) is 4. The molecule has 3 N–H and O–H groups in total. The van der Waals surface area contributed by atoms with Crippen molar-refractivity contribution in [3.63, 3.8) is 0 Å². The summed E-state index contributed by atoms with van der Waals surface area (Å²) < 4.78 is 37.0. The van der Waals surface area contributed by atoms with Crippen LogP contribution in [0.5, 0.6) is 5.75 Å². The Bertz CT molecular complexity index is 2480. The zero-order valence-electron chi connectivity index (χ0n) is 45.1. The van der Waals surface area contributed by atoms with E-state index in [1.54, 1.807) is 81.4 Å². The van der Waals surface area contributed by atoms with Gasteiger partial charge in [-0.2, -0.15) is 0 Å². The van der Waals surface area contributed by atoms with Gasteiger partial charge in [-0.3, -0.25) is 24.6 Å². The number of piperazine rings is 1. The van der Waals surface area contributed by atoms with Gasteiger partial charge in [-0.25, -0.2) is 24.2 Å². The lowest BCUT2D eigenvalue weighted by Gasteiger charge is -2.64. The van der Waals surface area contributed by atoms with Gasteiger partial charge < -0.3 is 48.7 Å². The first-order chi connectivity index (χ1) is 34.5. The van der Waals surface area contributed by atoms with Crippen LogP contribution in [0.25, 0.3) is 0 Å². The molecule has 23 heteroatoms. The first kappa shape index (κ1) is 56.8. The van der Waals surface area contributed by atoms with Gasteiger partial charge in [0.2, 0.25) is 5.91 Å². The number of thiazole rings is 1. The smallest absolute Gasteiger partial charge is 0.456 e. The second kappa shape index (κ2) is 21.9. The van der Waals surface area contributed by atoms with Gasteiger partial charge in [0.15, 0.2) is 16.9 Å². The highest BCUT2D eigenvalue weighted by atomic mass is 32.2. The van der Waals surface area contributed by atoms with Gasteiger partial charge in [0, 0.05) is 42.2 Å². The number of thioether (sulfide) groups is 1. The minimum Gasteiger partial charge on any atom is -0.456 e. The van der Waals surface area contributed by atoms with Crippen molar-refractivity contribution in [2.24, 2.45) is 17.3 Å². The molecule has 6 amide bonds. The number of likely N-dealkylation sites (N-methyl/N-ethyl adjacent to an activating group) is 1. The number of amides is 6. The van der Waals surface area contributed by atoms with Crippen molar-refractivity contribution in [3.8, 4) is 5.75 Å². The number of hydrogen-bond donors (Lipinski definition) is 3. The normalized spacial score (nSPS) is 23.6. The van der Waals surface area contributed by atoms with E-state index in [2.05, 4.69) is 39.7 Å². The van der Waals surface area contributed by atoms with Crippen LogP contribution in [0.3, 0.4) is 0 Å². The van der Waals surface area contributed by atoms with Gasteiger partial charge in [-0.05, 0) is 150 Å². The molecule has 74 heavy (non-hydrogen) atoms. The minimum atomic E-state index is -1.64. The van der Waals surface area contributed by atoms with E-state index in [4.69, 9.17) is 28.3 Å². The van der Waals surface area contributed by atoms with Crippen LogP contribution in [0, 0.1) is 17.3 Å². The number of esters is 1. The average molecular weight is 1070 g/mol. The lowest BCUT2D eigenvalue weighted by atomic mass is 9.43. The Hall–Kier alpha value is -4.97. The Morgan fingerprint density at radius 2 is 1.57 bits per heavy atom. The molecule has 1 aromatic carbocycles. The molecule has 6 atom stereocenters. The van der Waals surface area contributed by atoms with Gasteiger partial charge in [-0.15, -0.1) is 23.1 Å². The van der Waals surface area contributed by atoms with Crippen LogP contribution >= 0.6 is 23.1 Å². The summed E-state index contributed by atoms with van der Waals surface area (Å²) >= 11 is 2.39. The van der Waals surface area contributed by atoms with Crippen LogP contribution in [-0.2, 0) is 44.3 Å². The van der Waals surface area contributed by atoms with Crippen LogP contribution < -0.4 is 20.7 Å². The van der Waals surface area contributed by atoms with E-state index in [0.29, 0.717) is 28.6 Å². The molecule has 20 nitrogen and oxygen atoms in total. The summed E-state index contributed by atoms with van der Waals surface area (Å²) in [5.41, 5.74) is -3.32. The largest absolute Gasteiger partial charge is 0.514 e. The fraction of sp³-hybridized carbons (Fsp3) is 0.686. The van der Waals surface area contributed by atoms with E-state index in [0.717, 1.165) is 55.1 Å². The Morgan fingerprint density at radius 3 is 2.20 bits per heavy atom. The summed E-state index contributed by atoms with van der Waals surface area (Å²) in [5.74, 6) is -3.67. The zero-order chi connectivity index (χ0) is 54.3. The molecule has 2 unspecified atom stereocenters. The number of benzene rings is 1. The van der Waals surface area contributed by atoms with Crippen LogP contribution in [0.1, 0.15) is 143 Å². The van der Waals surface area contributed by atoms with E-state index < -0.39 is 83.5 Å². The highest BCUT2D eigenvalue weighted by Gasteiger charge is 2.68. The van der Waals surface area contributed by atoms with Crippen molar-refractivity contribution in [1.29, 1.82) is 0 Å². The van der Waals surface area contributed by atoms with Crippen molar-refractivity contribution in [3.05, 3.63) is 34.3 Å². The molecule has 2 aromatic rings. The number of carbonyl (C=O) groups excluding carboxylic acids is 7. The molecular formula is C51H74BN7O13S2. The van der Waals surface area contributed by atoms with E-state index in [1.165, 1.54) is 22.0 Å². The van der Waals surface area contributed by atoms with E-state index in [1.807, 2.05) is 6.92 Å². The van der Waals surface area contributed by atoms with Gasteiger partial charge >= 0.3 is 43.2 Å². The van der Waals surface area contributed by atoms with Crippen LogP contribution in [0.2, 0.25) is 0 Å². The minimum absolute atomic E-state index is 0.00346. The molecule has 6 aliphatic rings. The molecule has 3 saturated carbocycles. The lowest BCUT2D eigenvalue weighted by Crippen LogP contribution is -2.65. The van der Waals surface area contributed by atoms with Crippen molar-refractivity contribution in [2.45, 2.75) is 167 Å². The van der Waals surface area contributed by atoms with Crippen molar-refractivity contribution in [1.82, 2.24) is 30.3 Å². The second-order valence-corrected chi connectivity index (χ2v) is 25.5. The summed E-state index contributed by atoms with van der Waals surface area (Å²) in [6.07, 6.45) is 1.46. The van der Waals surface area contributed by atoms with Gasteiger partial charge in [0.05, 0.1) is 23.3 Å². The number of anilines is 1. The molecule has 0 spiro atoms. The second-order valence-electron chi connectivity index (χ2n) is 23.5. The molecule has 406 valence electrons. The maximum Gasteiger partial charge on any atom is 0.514 e. The van der Waals surface area contributed by atoms with Crippen molar-refractivity contribution in [2.75, 3.05) is 50.3 Å². The number of carbonyl (C=O) groups is 7. The monoisotopic (exact) mass is 1070 g/mol. The Kier molecular flexibility index (Phi) is 16.8. The Balaban J connectivity index is 1.30. The fourth-order valence-corrected chi connectivity index (χ4v) is 12.3. The standard InChI is InChI=1S/C51H74BN7O13S2/c1-14-58-21-22-59(41(62)40(58)61)44(64)55-37(31-28-74-43(53-31)56-45(65)69-48(5,6)7)39(60)54-35(52-71-34-27-30-26-33(50(30,11)12)51(34,13)72-52)25-29-17-18-32(73-24-23-57-19-15-16-20-57)36(42(63)68-47(2,3)4)38(29)67-46(66)70-49(8,9)10/h17-18,28,30,33-35,37H,14-16,19-27H2,1-13H3,(H,54,60)(H,55,64)(H,53,56,65)/t30-,33-,34+,35?,37?,51-/m0/s1. The third-order valence-electron chi connectivity index (χ3n) is 14.2. The predicted molar refractivity (Wildman–Crippen MR) is 278 cm³/mol. The number of urea groups is 1. The topological polar surface area (TPSA) is 234 Å². The maximum atomic E-state index is 15.2. The van der Waals surface area contributed by atoms with Crippen molar-refractivity contribution >= 4 is 77.3 Å². The highest BCUT2D eigenvalue weighted by molar-refractivity contribution is 7.99. The molecule has 3 saturated heterocycles. The molecular weight excluding hydrogens is 994 g/mol. The van der Waals surface area contributed by atoms with Crippen LogP contribution in [0.15, 0.2) is 22.4 Å². The molecule has 0 radical (unpaired) electrons. The van der Waals surface area contributed by atoms with Crippen molar-refractivity contribution < 1.29 is 61.8 Å². The number of nitrogens with one attached hydrogen (secondary N) is 3. The summed E-state index contributed by atoms with van der Waals surface area (Å²) in [4.78, 5) is 106. The molecule has 3 aliphatic carbocycles. The number of imide groups is 1. The van der Waals surface area contributed by atoms with Crippen LogP contribution in [0.4, 0.5) is 19.5 Å². The lowest BCUT2D eigenvalue weighted by molar-refractivity contribution is -0.199. The predicted octanol–water partition coefficient (Wildman–Crippen LogP) is 7.38. The van der Waals surface area contributed by atoms with Gasteiger partial charge in [-0.1, -0.05) is 19.9 Å². The molecule has 2 bridgehead atoms. The first-order valence-corrected chi connectivity index (χ1v) is 27.5. The van der Waals surface area contributed by atoms with E-state index in [-0.39, 0.29) is 65.6 Å². The maximum absolute atomic E-state index is 15.2. The molecule has 8 rings (SSSR count). The van der Waals surface area contributed by atoms with Crippen LogP contribution in [-0.4, -0.2) is 148 Å². The summed E-state index contributed by atoms with van der Waals surface area (Å²) in [7, 11) is -1.13. The Morgan fingerprint density at radius 1 is 0.892 bits per heavy atom. The number of rotatable bonds is 15. The quantitative estimate of drug-likeness (QED) is 0.0394. The first-order valence-electron chi connectivity index (χ1n) is 25.6. The zero-order valence-corrected chi connectivity index (χ0v) is 46.7. The number of ether oxygens (including phenoxy) is 4. The third kappa shape index (κ3) is 13.2. The van der Waals surface area contributed by atoms with Gasteiger partial charge in [0.25, 0.3) is 0 Å². The SMILES string of the molecule is CCN1CCN(C(=O)NC(C(=O)NC(Cc2ccc(SCCN3CCCC3)c(C(=O)OC(C)(C)C)c2OC(=O)OC(C)(C)C)B2O[C@@H]3C[C@@H]4C[C@@H](C4(C)C)[C@]3(C)O2)c2csc(NC(=O)OC(C)(C)C)n2)C(=O)C1=O. The highest BCUT2D eigenvalue weighted by Crippen LogP contribution is 2.66. The average Bonchev–Trinajstić information content (AvgIpc) is 4.05. The summed E-state index contributed by atoms with van der Waals surface area (Å²) in [6.45, 7) is 26.5. The Labute approximate surface area is 442 Å². The van der Waals surface area contributed by atoms with E-state index >= 15 is 4.79 Å². The van der Waals surface area contributed by atoms with E-state index in [9.17, 15) is 28.8 Å². The molecule has 3 aliphatic heterocycles.